The summed E-state index contributed by atoms with van der Waals surface area (Å²) in [6, 6.07) is 20.0. The molecule has 0 saturated heterocycles. The summed E-state index contributed by atoms with van der Waals surface area (Å²) in [6.07, 6.45) is 2.66. The molecule has 0 fully saturated rings. The van der Waals surface area contributed by atoms with E-state index in [9.17, 15) is 9.90 Å². The average molecular weight is 442 g/mol. The molecule has 0 unspecified atom stereocenters. The Kier molecular flexibility index (Phi) is 5.79. The molecular weight excluding hydrogens is 418 g/mol. The lowest BCUT2D eigenvalue weighted by Crippen LogP contribution is -2.17. The Bertz CT molecular complexity index is 1250. The van der Waals surface area contributed by atoms with Crippen molar-refractivity contribution in [2.24, 2.45) is 0 Å². The van der Waals surface area contributed by atoms with Crippen LogP contribution >= 0.6 is 11.3 Å². The van der Waals surface area contributed by atoms with Crippen molar-refractivity contribution in [3.63, 3.8) is 0 Å². The Labute approximate surface area is 190 Å². The third-order valence-electron chi connectivity index (χ3n) is 5.70. The first-order chi connectivity index (χ1) is 15.7. The first-order valence-electron chi connectivity index (χ1n) is 10.7. The monoisotopic (exact) mass is 441 g/mol. The van der Waals surface area contributed by atoms with E-state index in [4.69, 9.17) is 9.97 Å². The second-order valence-electron chi connectivity index (χ2n) is 7.88. The molecule has 2 aromatic heterocycles. The van der Waals surface area contributed by atoms with Crippen LogP contribution < -0.4 is 5.32 Å². The van der Waals surface area contributed by atoms with Crippen molar-refractivity contribution < 1.29 is 9.90 Å². The minimum Gasteiger partial charge on any atom is -0.392 e. The Morgan fingerprint density at radius 3 is 2.62 bits per heavy atom. The molecule has 0 saturated carbocycles. The van der Waals surface area contributed by atoms with Gasteiger partial charge in [0.25, 0.3) is 0 Å². The van der Waals surface area contributed by atoms with Crippen LogP contribution in [0.3, 0.4) is 0 Å². The molecule has 160 valence electrons. The zero-order chi connectivity index (χ0) is 21.9. The highest BCUT2D eigenvalue weighted by Crippen LogP contribution is 2.37. The Morgan fingerprint density at radius 2 is 1.84 bits per heavy atom. The van der Waals surface area contributed by atoms with Gasteiger partial charge in [0.2, 0.25) is 5.91 Å². The molecule has 5 rings (SSSR count). The van der Waals surface area contributed by atoms with Crippen LogP contribution in [-0.2, 0) is 30.7 Å². The lowest BCUT2D eigenvalue weighted by atomic mass is 9.90. The number of hydrogen-bond acceptors (Lipinski definition) is 5. The van der Waals surface area contributed by atoms with E-state index in [0.29, 0.717) is 24.4 Å². The number of aromatic nitrogens is 2. The molecule has 5 nitrogen and oxygen atoms in total. The number of benzene rings is 2. The zero-order valence-electron chi connectivity index (χ0n) is 17.5. The highest BCUT2D eigenvalue weighted by Gasteiger charge is 2.23. The van der Waals surface area contributed by atoms with Crippen LogP contribution in [0.1, 0.15) is 28.8 Å². The van der Waals surface area contributed by atoms with E-state index in [2.05, 4.69) is 5.32 Å². The van der Waals surface area contributed by atoms with E-state index in [0.717, 1.165) is 45.8 Å². The van der Waals surface area contributed by atoms with Gasteiger partial charge in [0, 0.05) is 12.0 Å². The second-order valence-corrected chi connectivity index (χ2v) is 8.82. The minimum atomic E-state index is -0.0651. The topological polar surface area (TPSA) is 75.1 Å². The van der Waals surface area contributed by atoms with Gasteiger partial charge in [-0.2, -0.15) is 0 Å². The van der Waals surface area contributed by atoms with E-state index in [1.54, 1.807) is 11.3 Å². The predicted molar refractivity (Wildman–Crippen MR) is 128 cm³/mol. The van der Waals surface area contributed by atoms with Gasteiger partial charge >= 0.3 is 0 Å². The molecule has 2 heterocycles. The van der Waals surface area contributed by atoms with Crippen LogP contribution in [0.5, 0.6) is 0 Å². The maximum atomic E-state index is 12.7. The minimum absolute atomic E-state index is 0.0280. The Morgan fingerprint density at radius 1 is 0.969 bits per heavy atom. The summed E-state index contributed by atoms with van der Waals surface area (Å²) in [5, 5.41) is 14.5. The van der Waals surface area contributed by atoms with Crippen molar-refractivity contribution in [2.45, 2.75) is 32.3 Å². The van der Waals surface area contributed by atoms with Crippen LogP contribution in [0.4, 0.5) is 5.82 Å². The maximum absolute atomic E-state index is 12.7. The van der Waals surface area contributed by atoms with E-state index in [1.165, 1.54) is 5.56 Å². The van der Waals surface area contributed by atoms with Crippen molar-refractivity contribution in [3.05, 3.63) is 88.4 Å². The zero-order valence-corrected chi connectivity index (χ0v) is 18.4. The number of thiophene rings is 1. The Hall–Kier alpha value is -3.35. The van der Waals surface area contributed by atoms with Crippen molar-refractivity contribution in [2.75, 3.05) is 5.32 Å². The number of anilines is 1. The quantitative estimate of drug-likeness (QED) is 0.440. The molecule has 0 radical (unpaired) electrons. The standard InChI is InChI=1S/C26H23N3O2S/c30-16-18-8-11-20-19(15-18)10-12-21-24(20)29-25(22-7-4-14-32-22)26(27-21)28-23(31)13-9-17-5-2-1-3-6-17/h1-8,11,14-15,30H,9-10,12-13,16H2,(H,27,28,31). The number of aliphatic hydroxyl groups is 1. The highest BCUT2D eigenvalue weighted by molar-refractivity contribution is 7.13. The molecule has 2 N–H and O–H groups in total. The number of carbonyl (C=O) groups excluding carboxylic acids is 1. The molecule has 6 heteroatoms. The van der Waals surface area contributed by atoms with Gasteiger partial charge in [0.05, 0.1) is 22.9 Å². The van der Waals surface area contributed by atoms with Crippen molar-refractivity contribution in [3.8, 4) is 21.8 Å². The summed E-state index contributed by atoms with van der Waals surface area (Å²) in [4.78, 5) is 23.6. The van der Waals surface area contributed by atoms with Gasteiger partial charge in [-0.25, -0.2) is 9.97 Å². The molecule has 32 heavy (non-hydrogen) atoms. The van der Waals surface area contributed by atoms with E-state index in [1.807, 2.05) is 66.0 Å². The van der Waals surface area contributed by atoms with Gasteiger partial charge in [-0.05, 0) is 47.4 Å². The van der Waals surface area contributed by atoms with E-state index in [-0.39, 0.29) is 12.5 Å². The predicted octanol–water partition coefficient (Wildman–Crippen LogP) is 5.03. The fourth-order valence-electron chi connectivity index (χ4n) is 4.07. The fraction of sp³-hybridized carbons (Fsp3) is 0.192. The van der Waals surface area contributed by atoms with Gasteiger partial charge in [0.15, 0.2) is 5.82 Å². The van der Waals surface area contributed by atoms with Gasteiger partial charge in [-0.1, -0.05) is 54.6 Å². The van der Waals surface area contributed by atoms with Crippen LogP contribution in [0.25, 0.3) is 21.8 Å². The van der Waals surface area contributed by atoms with Gasteiger partial charge in [-0.3, -0.25) is 4.79 Å². The normalized spacial score (nSPS) is 12.2. The molecule has 2 aromatic carbocycles. The largest absolute Gasteiger partial charge is 0.392 e. The molecule has 1 aliphatic rings. The first kappa shape index (κ1) is 20.5. The number of aryl methyl sites for hydroxylation is 3. The first-order valence-corrected chi connectivity index (χ1v) is 11.6. The van der Waals surface area contributed by atoms with Crippen molar-refractivity contribution in [1.29, 1.82) is 0 Å². The molecule has 1 amide bonds. The summed E-state index contributed by atoms with van der Waals surface area (Å²) in [6.45, 7) is 0.0280. The molecule has 0 aliphatic heterocycles. The summed E-state index contributed by atoms with van der Waals surface area (Å²) in [5.74, 6) is 0.462. The summed E-state index contributed by atoms with van der Waals surface area (Å²) >= 11 is 1.58. The number of nitrogens with zero attached hydrogens (tertiary/aromatic N) is 2. The number of fused-ring (bicyclic) bond motifs is 3. The number of aliphatic hydroxyl groups excluding tert-OH is 1. The molecule has 1 aliphatic carbocycles. The van der Waals surface area contributed by atoms with Crippen LogP contribution in [0, 0.1) is 0 Å². The van der Waals surface area contributed by atoms with Crippen LogP contribution in [-0.4, -0.2) is 21.0 Å². The smallest absolute Gasteiger partial charge is 0.225 e. The van der Waals surface area contributed by atoms with E-state index >= 15 is 0 Å². The number of amides is 1. The maximum Gasteiger partial charge on any atom is 0.225 e. The van der Waals surface area contributed by atoms with Crippen LogP contribution in [0.2, 0.25) is 0 Å². The molecule has 0 spiro atoms. The van der Waals surface area contributed by atoms with Gasteiger partial charge in [0.1, 0.15) is 5.69 Å². The van der Waals surface area contributed by atoms with Gasteiger partial charge in [-0.15, -0.1) is 11.3 Å². The van der Waals surface area contributed by atoms with Crippen LogP contribution in [0.15, 0.2) is 66.0 Å². The molecule has 0 atom stereocenters. The lowest BCUT2D eigenvalue weighted by molar-refractivity contribution is -0.116. The second kappa shape index (κ2) is 9.02. The van der Waals surface area contributed by atoms with E-state index < -0.39 is 0 Å². The average Bonchev–Trinajstić information content (AvgIpc) is 3.37. The third-order valence-corrected chi connectivity index (χ3v) is 6.58. The van der Waals surface area contributed by atoms with Crippen molar-refractivity contribution >= 4 is 23.1 Å². The number of nitrogens with one attached hydrogen (secondary N) is 1. The third kappa shape index (κ3) is 4.20. The molecule has 4 aromatic rings. The highest BCUT2D eigenvalue weighted by atomic mass is 32.1. The molecule has 0 bridgehead atoms. The number of hydrogen-bond donors (Lipinski definition) is 2. The fourth-order valence-corrected chi connectivity index (χ4v) is 4.78. The lowest BCUT2D eigenvalue weighted by Gasteiger charge is -2.21. The summed E-state index contributed by atoms with van der Waals surface area (Å²) in [5.41, 5.74) is 6.73. The summed E-state index contributed by atoms with van der Waals surface area (Å²) < 4.78 is 0. The number of rotatable bonds is 6. The SMILES string of the molecule is O=C(CCc1ccccc1)Nc1nc2c(nc1-c1cccs1)-c1ccc(CO)cc1CC2. The molecular formula is C26H23N3O2S. The summed E-state index contributed by atoms with van der Waals surface area (Å²) in [7, 11) is 0. The number of carbonyl (C=O) groups is 1. The Balaban J connectivity index is 1.47. The van der Waals surface area contributed by atoms with Crippen molar-refractivity contribution in [1.82, 2.24) is 9.97 Å². The van der Waals surface area contributed by atoms with Gasteiger partial charge < -0.3 is 10.4 Å².